The summed E-state index contributed by atoms with van der Waals surface area (Å²) in [5.41, 5.74) is 3.80. The SMILES string of the molecule is COc1cc(CCC(C)NCc2cccc3cc(C)ccc23)ccc1O. The summed E-state index contributed by atoms with van der Waals surface area (Å²) in [7, 11) is 1.58. The molecule has 0 heterocycles. The van der Waals surface area contributed by atoms with Crippen LogP contribution in [0.4, 0.5) is 0 Å². The standard InChI is InChI=1S/C23H27NO2/c1-16-7-11-21-19(13-16)5-4-6-20(21)15-24-17(2)8-9-18-10-12-22(25)23(14-18)26-3/h4-7,10-14,17,24-25H,8-9,15H2,1-3H3. The van der Waals surface area contributed by atoms with Crippen LogP contribution in [0.5, 0.6) is 11.5 Å². The molecule has 0 bridgehead atoms. The van der Waals surface area contributed by atoms with Gasteiger partial charge in [0.1, 0.15) is 0 Å². The molecule has 0 saturated heterocycles. The first-order chi connectivity index (χ1) is 12.6. The average Bonchev–Trinajstić information content (AvgIpc) is 2.65. The average molecular weight is 349 g/mol. The lowest BCUT2D eigenvalue weighted by molar-refractivity contribution is 0.372. The molecule has 0 amide bonds. The molecule has 3 heteroatoms. The maximum absolute atomic E-state index is 9.69. The molecule has 0 aliphatic rings. The number of ether oxygens (including phenoxy) is 1. The Morgan fingerprint density at radius 3 is 2.73 bits per heavy atom. The molecular weight excluding hydrogens is 322 g/mol. The van der Waals surface area contributed by atoms with Crippen molar-refractivity contribution >= 4 is 10.8 Å². The quantitative estimate of drug-likeness (QED) is 0.632. The number of benzene rings is 3. The van der Waals surface area contributed by atoms with Crippen LogP contribution in [0.2, 0.25) is 0 Å². The maximum atomic E-state index is 9.69. The third kappa shape index (κ3) is 4.36. The van der Waals surface area contributed by atoms with Crippen molar-refractivity contribution in [1.82, 2.24) is 5.32 Å². The van der Waals surface area contributed by atoms with Crippen LogP contribution in [-0.4, -0.2) is 18.3 Å². The van der Waals surface area contributed by atoms with Crippen LogP contribution in [0.25, 0.3) is 10.8 Å². The largest absolute Gasteiger partial charge is 0.504 e. The predicted molar refractivity (Wildman–Crippen MR) is 108 cm³/mol. The molecule has 0 aromatic heterocycles. The van der Waals surface area contributed by atoms with Crippen LogP contribution in [-0.2, 0) is 13.0 Å². The van der Waals surface area contributed by atoms with E-state index in [-0.39, 0.29) is 5.75 Å². The van der Waals surface area contributed by atoms with Gasteiger partial charge in [-0.3, -0.25) is 0 Å². The fourth-order valence-corrected chi connectivity index (χ4v) is 3.27. The van der Waals surface area contributed by atoms with Gasteiger partial charge in [-0.2, -0.15) is 0 Å². The Morgan fingerprint density at radius 2 is 1.92 bits per heavy atom. The van der Waals surface area contributed by atoms with Gasteiger partial charge in [-0.1, -0.05) is 48.0 Å². The van der Waals surface area contributed by atoms with E-state index in [1.54, 1.807) is 13.2 Å². The number of fused-ring (bicyclic) bond motifs is 1. The summed E-state index contributed by atoms with van der Waals surface area (Å²) in [6.07, 6.45) is 1.97. The van der Waals surface area contributed by atoms with E-state index in [4.69, 9.17) is 4.74 Å². The summed E-state index contributed by atoms with van der Waals surface area (Å²) in [6.45, 7) is 5.21. The summed E-state index contributed by atoms with van der Waals surface area (Å²) in [5, 5.41) is 15.9. The maximum Gasteiger partial charge on any atom is 0.160 e. The number of rotatable bonds is 7. The van der Waals surface area contributed by atoms with Gasteiger partial charge in [0, 0.05) is 12.6 Å². The van der Waals surface area contributed by atoms with E-state index in [1.165, 1.54) is 27.5 Å². The van der Waals surface area contributed by atoms with Crippen LogP contribution in [0.15, 0.2) is 54.6 Å². The summed E-state index contributed by atoms with van der Waals surface area (Å²) in [4.78, 5) is 0. The minimum absolute atomic E-state index is 0.189. The van der Waals surface area contributed by atoms with Crippen molar-refractivity contribution < 1.29 is 9.84 Å². The molecule has 3 nitrogen and oxygen atoms in total. The Balaban J connectivity index is 1.58. The first-order valence-electron chi connectivity index (χ1n) is 9.14. The lowest BCUT2D eigenvalue weighted by atomic mass is 10.0. The van der Waals surface area contributed by atoms with E-state index < -0.39 is 0 Å². The lowest BCUT2D eigenvalue weighted by Crippen LogP contribution is -2.26. The minimum atomic E-state index is 0.189. The first kappa shape index (κ1) is 18.3. The zero-order chi connectivity index (χ0) is 18.5. The van der Waals surface area contributed by atoms with Gasteiger partial charge < -0.3 is 15.2 Å². The molecule has 0 saturated carbocycles. The van der Waals surface area contributed by atoms with Crippen LogP contribution in [0, 0.1) is 6.92 Å². The van der Waals surface area contributed by atoms with Gasteiger partial charge in [0.2, 0.25) is 0 Å². The van der Waals surface area contributed by atoms with Crippen molar-refractivity contribution in [3.63, 3.8) is 0 Å². The molecule has 3 aromatic rings. The molecule has 0 spiro atoms. The zero-order valence-corrected chi connectivity index (χ0v) is 15.8. The van der Waals surface area contributed by atoms with Crippen molar-refractivity contribution in [3.05, 3.63) is 71.3 Å². The molecule has 0 radical (unpaired) electrons. The summed E-state index contributed by atoms with van der Waals surface area (Å²) in [6, 6.07) is 19.1. The number of aryl methyl sites for hydroxylation is 2. The van der Waals surface area contributed by atoms with Gasteiger partial charge in [-0.15, -0.1) is 0 Å². The number of aromatic hydroxyl groups is 1. The highest BCUT2D eigenvalue weighted by atomic mass is 16.5. The molecule has 1 unspecified atom stereocenters. The summed E-state index contributed by atoms with van der Waals surface area (Å²) >= 11 is 0. The van der Waals surface area contributed by atoms with Crippen LogP contribution < -0.4 is 10.1 Å². The van der Waals surface area contributed by atoms with E-state index in [1.807, 2.05) is 12.1 Å². The van der Waals surface area contributed by atoms with Gasteiger partial charge in [0.15, 0.2) is 11.5 Å². The molecule has 3 aromatic carbocycles. The van der Waals surface area contributed by atoms with Crippen molar-refractivity contribution in [3.8, 4) is 11.5 Å². The third-order valence-corrected chi connectivity index (χ3v) is 4.88. The normalized spacial score (nSPS) is 12.3. The Morgan fingerprint density at radius 1 is 1.08 bits per heavy atom. The number of hydrogen-bond donors (Lipinski definition) is 2. The van der Waals surface area contributed by atoms with Gasteiger partial charge >= 0.3 is 0 Å². The van der Waals surface area contributed by atoms with E-state index in [2.05, 4.69) is 55.6 Å². The molecule has 136 valence electrons. The van der Waals surface area contributed by atoms with E-state index in [0.717, 1.165) is 19.4 Å². The first-order valence-corrected chi connectivity index (χ1v) is 9.14. The summed E-state index contributed by atoms with van der Waals surface area (Å²) < 4.78 is 5.18. The molecule has 26 heavy (non-hydrogen) atoms. The monoisotopic (exact) mass is 349 g/mol. The number of hydrogen-bond acceptors (Lipinski definition) is 3. The van der Waals surface area contributed by atoms with Gasteiger partial charge in [0.05, 0.1) is 7.11 Å². The highest BCUT2D eigenvalue weighted by molar-refractivity contribution is 5.86. The number of phenols is 1. The second-order valence-electron chi connectivity index (χ2n) is 6.97. The number of methoxy groups -OCH3 is 1. The van der Waals surface area contributed by atoms with Crippen LogP contribution in [0.1, 0.15) is 30.0 Å². The van der Waals surface area contributed by atoms with E-state index >= 15 is 0 Å². The van der Waals surface area contributed by atoms with Crippen molar-refractivity contribution in [2.75, 3.05) is 7.11 Å². The topological polar surface area (TPSA) is 41.5 Å². The van der Waals surface area contributed by atoms with Crippen molar-refractivity contribution in [1.29, 1.82) is 0 Å². The van der Waals surface area contributed by atoms with Gasteiger partial charge in [-0.05, 0) is 60.7 Å². The Bertz CT molecular complexity index is 889. The predicted octanol–water partition coefficient (Wildman–Crippen LogP) is 4.97. The van der Waals surface area contributed by atoms with Crippen LogP contribution >= 0.6 is 0 Å². The van der Waals surface area contributed by atoms with Crippen molar-refractivity contribution in [2.45, 2.75) is 39.3 Å². The fraction of sp³-hybridized carbons (Fsp3) is 0.304. The van der Waals surface area contributed by atoms with Gasteiger partial charge in [0.25, 0.3) is 0 Å². The van der Waals surface area contributed by atoms with Gasteiger partial charge in [-0.25, -0.2) is 0 Å². The molecule has 0 aliphatic heterocycles. The second kappa shape index (κ2) is 8.24. The fourth-order valence-electron chi connectivity index (χ4n) is 3.27. The number of nitrogens with one attached hydrogen (secondary N) is 1. The molecule has 3 rings (SSSR count). The third-order valence-electron chi connectivity index (χ3n) is 4.88. The Labute approximate surface area is 155 Å². The lowest BCUT2D eigenvalue weighted by Gasteiger charge is -2.15. The van der Waals surface area contributed by atoms with Crippen molar-refractivity contribution in [2.24, 2.45) is 0 Å². The highest BCUT2D eigenvalue weighted by Crippen LogP contribution is 2.27. The molecule has 0 fully saturated rings. The Kier molecular flexibility index (Phi) is 5.79. The minimum Gasteiger partial charge on any atom is -0.504 e. The molecular formula is C23H27NO2. The summed E-state index contributed by atoms with van der Waals surface area (Å²) in [5.74, 6) is 0.725. The Hall–Kier alpha value is -2.52. The molecule has 2 N–H and O–H groups in total. The number of phenolic OH excluding ortho intramolecular Hbond substituents is 1. The smallest absolute Gasteiger partial charge is 0.160 e. The second-order valence-corrected chi connectivity index (χ2v) is 6.97. The molecule has 0 aliphatic carbocycles. The van der Waals surface area contributed by atoms with Crippen LogP contribution in [0.3, 0.4) is 0 Å². The van der Waals surface area contributed by atoms with E-state index in [0.29, 0.717) is 11.8 Å². The zero-order valence-electron chi connectivity index (χ0n) is 15.8. The molecule has 1 atom stereocenters. The van der Waals surface area contributed by atoms with E-state index in [9.17, 15) is 5.11 Å². The highest BCUT2D eigenvalue weighted by Gasteiger charge is 2.07.